The minimum absolute atomic E-state index is 0.0680. The Morgan fingerprint density at radius 2 is 2.10 bits per heavy atom. The van der Waals surface area contributed by atoms with Gasteiger partial charge < -0.3 is 10.2 Å². The van der Waals surface area contributed by atoms with Gasteiger partial charge in [0.15, 0.2) is 0 Å². The molecule has 1 saturated heterocycles. The first-order chi connectivity index (χ1) is 9.40. The van der Waals surface area contributed by atoms with Crippen LogP contribution in [0.2, 0.25) is 10.0 Å². The van der Waals surface area contributed by atoms with Gasteiger partial charge in [0, 0.05) is 29.2 Å². The lowest BCUT2D eigenvalue weighted by molar-refractivity contribution is 0.168. The van der Waals surface area contributed by atoms with E-state index in [2.05, 4.69) is 24.2 Å². The lowest BCUT2D eigenvalue weighted by atomic mass is 9.93. The summed E-state index contributed by atoms with van der Waals surface area (Å²) in [6.07, 6.45) is 1.08. The van der Waals surface area contributed by atoms with Crippen molar-refractivity contribution in [2.24, 2.45) is 5.92 Å². The topological polar surface area (TPSA) is 15.3 Å². The average Bonchev–Trinajstić information content (AvgIpc) is 2.38. The predicted octanol–water partition coefficient (Wildman–Crippen LogP) is 4.12. The van der Waals surface area contributed by atoms with Gasteiger partial charge in [0.2, 0.25) is 0 Å². The summed E-state index contributed by atoms with van der Waals surface area (Å²) in [4.78, 5) is 2.33. The second-order valence-electron chi connectivity index (χ2n) is 5.78. The van der Waals surface area contributed by atoms with Crippen molar-refractivity contribution in [1.29, 1.82) is 0 Å². The summed E-state index contributed by atoms with van der Waals surface area (Å²) in [6.45, 7) is 6.35. The molecule has 3 unspecified atom stereocenters. The minimum atomic E-state index is -0.420. The van der Waals surface area contributed by atoms with E-state index < -0.39 is 5.82 Å². The molecular weight excluding hydrogens is 298 g/mol. The molecule has 2 nitrogen and oxygen atoms in total. The van der Waals surface area contributed by atoms with Gasteiger partial charge >= 0.3 is 0 Å². The van der Waals surface area contributed by atoms with Crippen LogP contribution in [0, 0.1) is 11.7 Å². The van der Waals surface area contributed by atoms with E-state index in [0.29, 0.717) is 22.5 Å². The van der Waals surface area contributed by atoms with E-state index in [-0.39, 0.29) is 11.1 Å². The number of hydrogen-bond acceptors (Lipinski definition) is 2. The van der Waals surface area contributed by atoms with E-state index >= 15 is 0 Å². The largest absolute Gasteiger partial charge is 0.307 e. The lowest BCUT2D eigenvalue weighted by Gasteiger charge is -2.37. The second kappa shape index (κ2) is 6.61. The molecule has 1 aromatic carbocycles. The summed E-state index contributed by atoms with van der Waals surface area (Å²) >= 11 is 12.2. The molecule has 0 radical (unpaired) electrons. The number of benzene rings is 1. The van der Waals surface area contributed by atoms with Gasteiger partial charge in [-0.25, -0.2) is 4.39 Å². The smallest absolute Gasteiger partial charge is 0.142 e. The lowest BCUT2D eigenvalue weighted by Crippen LogP contribution is -2.47. The summed E-state index contributed by atoms with van der Waals surface area (Å²) in [5, 5.41) is 4.19. The quantitative estimate of drug-likeness (QED) is 0.843. The zero-order valence-corrected chi connectivity index (χ0v) is 13.6. The van der Waals surface area contributed by atoms with Crippen LogP contribution in [0.5, 0.6) is 0 Å². The monoisotopic (exact) mass is 318 g/mol. The average molecular weight is 319 g/mol. The van der Waals surface area contributed by atoms with E-state index in [1.807, 2.05) is 6.92 Å². The number of nitrogens with one attached hydrogen (secondary N) is 1. The van der Waals surface area contributed by atoms with Crippen LogP contribution in [-0.4, -0.2) is 31.1 Å². The molecule has 20 heavy (non-hydrogen) atoms. The maximum atomic E-state index is 13.6. The molecule has 0 saturated carbocycles. The Labute approximate surface area is 130 Å². The van der Waals surface area contributed by atoms with Crippen molar-refractivity contribution in [1.82, 2.24) is 10.2 Å². The molecule has 2 rings (SSSR count). The van der Waals surface area contributed by atoms with Gasteiger partial charge in [-0.2, -0.15) is 0 Å². The highest BCUT2D eigenvalue weighted by atomic mass is 35.5. The number of halogens is 3. The van der Waals surface area contributed by atoms with Gasteiger partial charge in [-0.05, 0) is 45.0 Å². The van der Waals surface area contributed by atoms with Crippen LogP contribution in [0.3, 0.4) is 0 Å². The molecule has 1 N–H and O–H groups in total. The molecule has 0 aliphatic carbocycles. The van der Waals surface area contributed by atoms with Crippen molar-refractivity contribution in [2.45, 2.75) is 32.4 Å². The molecule has 0 spiro atoms. The Morgan fingerprint density at radius 1 is 1.40 bits per heavy atom. The zero-order chi connectivity index (χ0) is 14.9. The van der Waals surface area contributed by atoms with Gasteiger partial charge in [-0.1, -0.05) is 30.1 Å². The van der Waals surface area contributed by atoms with E-state index in [9.17, 15) is 4.39 Å². The molecule has 1 aliphatic rings. The number of rotatable bonds is 3. The van der Waals surface area contributed by atoms with Crippen molar-refractivity contribution in [3.8, 4) is 0 Å². The maximum Gasteiger partial charge on any atom is 0.142 e. The Kier molecular flexibility index (Phi) is 5.30. The van der Waals surface area contributed by atoms with Crippen LogP contribution >= 0.6 is 23.2 Å². The summed E-state index contributed by atoms with van der Waals surface area (Å²) in [6, 6.07) is 3.20. The summed E-state index contributed by atoms with van der Waals surface area (Å²) < 4.78 is 13.6. The molecule has 0 amide bonds. The Morgan fingerprint density at radius 3 is 2.75 bits per heavy atom. The number of likely N-dealkylation sites (tertiary alicyclic amines) is 1. The molecule has 0 bridgehead atoms. The highest BCUT2D eigenvalue weighted by Gasteiger charge is 2.27. The van der Waals surface area contributed by atoms with E-state index in [1.165, 1.54) is 6.07 Å². The molecule has 3 atom stereocenters. The Bertz CT molecular complexity index is 481. The van der Waals surface area contributed by atoms with Crippen LogP contribution < -0.4 is 5.32 Å². The van der Waals surface area contributed by atoms with Crippen LogP contribution in [0.25, 0.3) is 0 Å². The standard InChI is InChI=1S/C15H21Cl2FN2/c1-9-8-20(3)7-6-13(9)19-10(2)14-11(16)4-5-12(18)15(14)17/h4-5,9-10,13,19H,6-8H2,1-3H3. The first kappa shape index (κ1) is 16.0. The normalized spacial score (nSPS) is 25.7. The van der Waals surface area contributed by atoms with Crippen molar-refractivity contribution in [3.63, 3.8) is 0 Å². The van der Waals surface area contributed by atoms with Gasteiger partial charge in [-0.15, -0.1) is 0 Å². The van der Waals surface area contributed by atoms with Crippen molar-refractivity contribution in [3.05, 3.63) is 33.6 Å². The second-order valence-corrected chi connectivity index (χ2v) is 6.57. The van der Waals surface area contributed by atoms with E-state index in [1.54, 1.807) is 6.07 Å². The Hall–Kier alpha value is -0.350. The fourth-order valence-electron chi connectivity index (χ4n) is 2.95. The molecule has 0 aromatic heterocycles. The van der Waals surface area contributed by atoms with Crippen molar-refractivity contribution >= 4 is 23.2 Å². The third-order valence-corrected chi connectivity index (χ3v) is 4.80. The SMILES string of the molecule is CC(NC1CCN(C)CC1C)c1c(Cl)ccc(F)c1Cl. The van der Waals surface area contributed by atoms with Crippen molar-refractivity contribution in [2.75, 3.05) is 20.1 Å². The molecule has 5 heteroatoms. The third kappa shape index (κ3) is 3.45. The zero-order valence-electron chi connectivity index (χ0n) is 12.1. The minimum Gasteiger partial charge on any atom is -0.307 e. The summed E-state index contributed by atoms with van der Waals surface area (Å²) in [5.41, 5.74) is 0.652. The summed E-state index contributed by atoms with van der Waals surface area (Å²) in [7, 11) is 2.14. The molecule has 1 aromatic rings. The predicted molar refractivity (Wildman–Crippen MR) is 83.0 cm³/mol. The third-order valence-electron chi connectivity index (χ3n) is 4.08. The first-order valence-electron chi connectivity index (χ1n) is 6.98. The van der Waals surface area contributed by atoms with Gasteiger partial charge in [0.05, 0.1) is 5.02 Å². The highest BCUT2D eigenvalue weighted by molar-refractivity contribution is 6.36. The first-order valence-corrected chi connectivity index (χ1v) is 7.73. The van der Waals surface area contributed by atoms with Crippen LogP contribution in [-0.2, 0) is 0 Å². The van der Waals surface area contributed by atoms with Gasteiger partial charge in [0.1, 0.15) is 5.82 Å². The highest BCUT2D eigenvalue weighted by Crippen LogP contribution is 2.33. The fraction of sp³-hybridized carbons (Fsp3) is 0.600. The number of hydrogen-bond donors (Lipinski definition) is 1. The molecule has 1 aliphatic heterocycles. The molecule has 1 fully saturated rings. The number of piperidine rings is 1. The van der Waals surface area contributed by atoms with E-state index in [4.69, 9.17) is 23.2 Å². The molecular formula is C15H21Cl2FN2. The van der Waals surface area contributed by atoms with Crippen LogP contribution in [0.4, 0.5) is 4.39 Å². The maximum absolute atomic E-state index is 13.6. The van der Waals surface area contributed by atoms with E-state index in [0.717, 1.165) is 19.5 Å². The van der Waals surface area contributed by atoms with Crippen LogP contribution in [0.15, 0.2) is 12.1 Å². The van der Waals surface area contributed by atoms with Crippen molar-refractivity contribution < 1.29 is 4.39 Å². The van der Waals surface area contributed by atoms with Crippen LogP contribution in [0.1, 0.15) is 31.9 Å². The fourth-order valence-corrected chi connectivity index (χ4v) is 3.64. The van der Waals surface area contributed by atoms with Gasteiger partial charge in [-0.3, -0.25) is 0 Å². The number of nitrogens with zero attached hydrogens (tertiary/aromatic N) is 1. The molecule has 1 heterocycles. The van der Waals surface area contributed by atoms with Gasteiger partial charge in [0.25, 0.3) is 0 Å². The summed E-state index contributed by atoms with van der Waals surface area (Å²) in [5.74, 6) is 0.124. The molecule has 112 valence electrons. The Balaban J connectivity index is 2.12.